The number of nitrogens with zero attached hydrogens (tertiary/aromatic N) is 2. The first kappa shape index (κ1) is 19.0. The Labute approximate surface area is 148 Å². The highest BCUT2D eigenvalue weighted by atomic mass is 16.2. The van der Waals surface area contributed by atoms with Gasteiger partial charge in [0.25, 0.3) is 0 Å². The highest BCUT2D eigenvalue weighted by Crippen LogP contribution is 2.19. The molecule has 2 N–H and O–H groups in total. The van der Waals surface area contributed by atoms with Gasteiger partial charge in [-0.05, 0) is 37.8 Å². The lowest BCUT2D eigenvalue weighted by atomic mass is 10.1. The summed E-state index contributed by atoms with van der Waals surface area (Å²) in [7, 11) is 0. The van der Waals surface area contributed by atoms with E-state index in [1.165, 1.54) is 4.57 Å². The lowest BCUT2D eigenvalue weighted by molar-refractivity contribution is -0.122. The number of aromatic nitrogens is 2. The zero-order chi connectivity index (χ0) is 18.4. The van der Waals surface area contributed by atoms with Crippen molar-refractivity contribution < 1.29 is 4.79 Å². The van der Waals surface area contributed by atoms with E-state index in [9.17, 15) is 9.59 Å². The quantitative estimate of drug-likeness (QED) is 0.772. The Balaban J connectivity index is 2.31. The second-order valence-corrected chi connectivity index (χ2v) is 6.83. The second-order valence-electron chi connectivity index (χ2n) is 6.83. The van der Waals surface area contributed by atoms with Gasteiger partial charge in [-0.25, -0.2) is 4.79 Å². The van der Waals surface area contributed by atoms with Crippen molar-refractivity contribution in [2.75, 3.05) is 11.9 Å². The van der Waals surface area contributed by atoms with Crippen molar-refractivity contribution in [1.29, 1.82) is 0 Å². The van der Waals surface area contributed by atoms with Crippen LogP contribution in [0.25, 0.3) is 10.9 Å². The molecule has 6 nitrogen and oxygen atoms in total. The maximum absolute atomic E-state index is 12.5. The Morgan fingerprint density at radius 3 is 2.64 bits per heavy atom. The number of amides is 1. The van der Waals surface area contributed by atoms with Crippen LogP contribution in [0.15, 0.2) is 29.1 Å². The van der Waals surface area contributed by atoms with E-state index in [0.29, 0.717) is 17.3 Å². The number of benzene rings is 1. The van der Waals surface area contributed by atoms with Gasteiger partial charge in [0.1, 0.15) is 12.4 Å². The van der Waals surface area contributed by atoms with E-state index >= 15 is 0 Å². The maximum atomic E-state index is 12.5. The number of nitrogens with one attached hydrogen (secondary N) is 2. The average molecular weight is 344 g/mol. The van der Waals surface area contributed by atoms with Crippen LogP contribution in [0.1, 0.15) is 40.5 Å². The van der Waals surface area contributed by atoms with Gasteiger partial charge in [0, 0.05) is 18.0 Å². The number of rotatable bonds is 8. The van der Waals surface area contributed by atoms with Gasteiger partial charge in [-0.15, -0.1) is 0 Å². The van der Waals surface area contributed by atoms with Crippen LogP contribution in [-0.4, -0.2) is 28.0 Å². The molecule has 0 aliphatic rings. The molecule has 136 valence electrons. The molecule has 1 aromatic carbocycles. The van der Waals surface area contributed by atoms with Gasteiger partial charge in [-0.3, -0.25) is 9.36 Å². The third-order valence-electron chi connectivity index (χ3n) is 4.22. The minimum atomic E-state index is -0.412. The standard InChI is InChI=1S/C19H28N4O2/c1-5-14(4)21-17(24)12-23-16-9-7-6-8-15(16)18(22-19(23)25)20-11-10-13(2)3/h6-9,13-14H,5,10-12H2,1-4H3,(H,21,24)(H,20,22,25)/t14-/m0/s1. The summed E-state index contributed by atoms with van der Waals surface area (Å²) in [6.07, 6.45) is 1.84. The number of carbonyl (C=O) groups is 1. The molecule has 25 heavy (non-hydrogen) atoms. The molecule has 0 fully saturated rings. The number of hydrogen-bond donors (Lipinski definition) is 2. The molecule has 0 spiro atoms. The molecule has 0 aliphatic carbocycles. The molecule has 0 saturated carbocycles. The molecule has 0 radical (unpaired) electrons. The summed E-state index contributed by atoms with van der Waals surface area (Å²) < 4.78 is 1.43. The molecule has 0 aliphatic heterocycles. The summed E-state index contributed by atoms with van der Waals surface area (Å²) in [5.74, 6) is 0.979. The van der Waals surface area contributed by atoms with Crippen LogP contribution in [0.3, 0.4) is 0 Å². The van der Waals surface area contributed by atoms with Crippen molar-refractivity contribution in [3.8, 4) is 0 Å². The van der Waals surface area contributed by atoms with E-state index in [4.69, 9.17) is 0 Å². The summed E-state index contributed by atoms with van der Waals surface area (Å²) in [6.45, 7) is 8.99. The molecule has 0 unspecified atom stereocenters. The van der Waals surface area contributed by atoms with E-state index in [2.05, 4.69) is 29.5 Å². The van der Waals surface area contributed by atoms with Gasteiger partial charge in [-0.2, -0.15) is 4.98 Å². The number of anilines is 1. The Morgan fingerprint density at radius 1 is 1.24 bits per heavy atom. The minimum absolute atomic E-state index is 0.0248. The van der Waals surface area contributed by atoms with Crippen LogP contribution < -0.4 is 16.3 Å². The van der Waals surface area contributed by atoms with Crippen molar-refractivity contribution in [1.82, 2.24) is 14.9 Å². The zero-order valence-electron chi connectivity index (χ0n) is 15.5. The summed E-state index contributed by atoms with van der Waals surface area (Å²) in [5, 5.41) is 7.00. The van der Waals surface area contributed by atoms with E-state index < -0.39 is 5.69 Å². The normalized spacial score (nSPS) is 12.4. The van der Waals surface area contributed by atoms with Crippen LogP contribution >= 0.6 is 0 Å². The van der Waals surface area contributed by atoms with Crippen LogP contribution in [0, 0.1) is 5.92 Å². The van der Waals surface area contributed by atoms with Gasteiger partial charge in [0.2, 0.25) is 5.91 Å². The van der Waals surface area contributed by atoms with Gasteiger partial charge < -0.3 is 10.6 Å². The van der Waals surface area contributed by atoms with Gasteiger partial charge in [0.15, 0.2) is 0 Å². The molecule has 1 amide bonds. The molecule has 0 bridgehead atoms. The molecule has 1 heterocycles. The van der Waals surface area contributed by atoms with Crippen LogP contribution in [-0.2, 0) is 11.3 Å². The molecule has 2 rings (SSSR count). The van der Waals surface area contributed by atoms with E-state index in [1.54, 1.807) is 0 Å². The first-order valence-electron chi connectivity index (χ1n) is 8.95. The summed E-state index contributed by atoms with van der Waals surface area (Å²) in [4.78, 5) is 28.8. The fourth-order valence-electron chi connectivity index (χ4n) is 2.56. The second kappa shape index (κ2) is 8.65. The Hall–Kier alpha value is -2.37. The lowest BCUT2D eigenvalue weighted by Crippen LogP contribution is -2.38. The SMILES string of the molecule is CC[C@H](C)NC(=O)Cn1c(=O)nc(NCCC(C)C)c2ccccc21. The fraction of sp³-hybridized carbons (Fsp3) is 0.526. The molecule has 1 atom stereocenters. The number of hydrogen-bond acceptors (Lipinski definition) is 4. The van der Waals surface area contributed by atoms with E-state index in [-0.39, 0.29) is 18.5 Å². The Kier molecular flexibility index (Phi) is 6.56. The third kappa shape index (κ3) is 5.05. The third-order valence-corrected chi connectivity index (χ3v) is 4.22. The number of para-hydroxylation sites is 1. The van der Waals surface area contributed by atoms with Crippen molar-refractivity contribution in [3.05, 3.63) is 34.7 Å². The Morgan fingerprint density at radius 2 is 1.96 bits per heavy atom. The van der Waals surface area contributed by atoms with Crippen LogP contribution in [0.5, 0.6) is 0 Å². The molecule has 0 saturated heterocycles. The van der Waals surface area contributed by atoms with Crippen molar-refractivity contribution in [2.45, 2.75) is 53.1 Å². The van der Waals surface area contributed by atoms with Crippen molar-refractivity contribution >= 4 is 22.6 Å². The maximum Gasteiger partial charge on any atom is 0.350 e. The predicted molar refractivity (Wildman–Crippen MR) is 102 cm³/mol. The summed E-state index contributed by atoms with van der Waals surface area (Å²) in [6, 6.07) is 7.62. The van der Waals surface area contributed by atoms with Gasteiger partial charge in [-0.1, -0.05) is 32.9 Å². The molecule has 6 heteroatoms. The highest BCUT2D eigenvalue weighted by Gasteiger charge is 2.13. The summed E-state index contributed by atoms with van der Waals surface area (Å²) in [5.41, 5.74) is 0.305. The Bertz CT molecular complexity index is 783. The first-order valence-corrected chi connectivity index (χ1v) is 8.95. The van der Waals surface area contributed by atoms with Crippen LogP contribution in [0.4, 0.5) is 5.82 Å². The first-order chi connectivity index (χ1) is 11.9. The molecule has 1 aromatic heterocycles. The topological polar surface area (TPSA) is 76.0 Å². The van der Waals surface area contributed by atoms with Crippen molar-refractivity contribution in [3.63, 3.8) is 0 Å². The minimum Gasteiger partial charge on any atom is -0.369 e. The fourth-order valence-corrected chi connectivity index (χ4v) is 2.56. The van der Waals surface area contributed by atoms with Crippen LogP contribution in [0.2, 0.25) is 0 Å². The highest BCUT2D eigenvalue weighted by molar-refractivity contribution is 5.90. The summed E-state index contributed by atoms with van der Waals surface area (Å²) >= 11 is 0. The molecular weight excluding hydrogens is 316 g/mol. The smallest absolute Gasteiger partial charge is 0.350 e. The zero-order valence-corrected chi connectivity index (χ0v) is 15.5. The van der Waals surface area contributed by atoms with Gasteiger partial charge in [0.05, 0.1) is 5.52 Å². The van der Waals surface area contributed by atoms with E-state index in [0.717, 1.165) is 24.8 Å². The molecule has 2 aromatic rings. The monoisotopic (exact) mass is 344 g/mol. The average Bonchev–Trinajstić information content (AvgIpc) is 2.57. The largest absolute Gasteiger partial charge is 0.369 e. The van der Waals surface area contributed by atoms with Gasteiger partial charge >= 0.3 is 5.69 Å². The predicted octanol–water partition coefficient (Wildman–Crippen LogP) is 2.77. The van der Waals surface area contributed by atoms with Crippen molar-refractivity contribution in [2.24, 2.45) is 5.92 Å². The lowest BCUT2D eigenvalue weighted by Gasteiger charge is -2.15. The molecular formula is C19H28N4O2. The number of fused-ring (bicyclic) bond motifs is 1. The van der Waals surface area contributed by atoms with E-state index in [1.807, 2.05) is 38.1 Å². The number of carbonyl (C=O) groups excluding carboxylic acids is 1.